The van der Waals surface area contributed by atoms with Crippen LogP contribution in [0.2, 0.25) is 0 Å². The summed E-state index contributed by atoms with van der Waals surface area (Å²) in [6.45, 7) is 0. The Morgan fingerprint density at radius 2 is 2.54 bits per heavy atom. The molecule has 13 heavy (non-hydrogen) atoms. The van der Waals surface area contributed by atoms with Gasteiger partial charge >= 0.3 is 5.49 Å². The second-order valence-electron chi connectivity index (χ2n) is 2.38. The zero-order chi connectivity index (χ0) is 9.26. The lowest BCUT2D eigenvalue weighted by Crippen LogP contribution is -2.29. The minimum absolute atomic E-state index is 0.279. The number of aromatic nitrogens is 1. The first-order valence-electron chi connectivity index (χ1n) is 3.54. The average Bonchev–Trinajstić information content (AvgIpc) is 2.62. The molecular formula is C8H5N3OS+. The van der Waals surface area contributed by atoms with Gasteiger partial charge in [0.2, 0.25) is 0 Å². The van der Waals surface area contributed by atoms with Crippen LogP contribution >= 0.6 is 11.9 Å². The summed E-state index contributed by atoms with van der Waals surface area (Å²) < 4.78 is 9.03. The predicted octanol–water partition coefficient (Wildman–Crippen LogP) is -0.683. The molecule has 5 heteroatoms. The maximum atomic E-state index is 8.73. The zero-order valence-corrected chi connectivity index (χ0v) is 7.63. The minimum atomic E-state index is 0.279. The van der Waals surface area contributed by atoms with Gasteiger partial charge in [-0.1, -0.05) is 0 Å². The Morgan fingerprint density at radius 1 is 1.69 bits per heavy atom. The molecule has 1 radical (unpaired) electrons. The summed E-state index contributed by atoms with van der Waals surface area (Å²) in [4.78, 5) is 4.04. The number of rotatable bonds is 1. The van der Waals surface area contributed by atoms with Crippen molar-refractivity contribution in [3.63, 3.8) is 0 Å². The van der Waals surface area contributed by atoms with E-state index in [4.69, 9.17) is 10.00 Å². The minimum Gasteiger partial charge on any atom is -0.491 e. The smallest absolute Gasteiger partial charge is 0.382 e. The highest BCUT2D eigenvalue weighted by Gasteiger charge is 2.16. The largest absolute Gasteiger partial charge is 0.491 e. The molecule has 0 aromatic carbocycles. The Morgan fingerprint density at radius 3 is 3.23 bits per heavy atom. The topological polar surface area (TPSA) is 60.0 Å². The lowest BCUT2D eigenvalue weighted by molar-refractivity contribution is 0.410. The van der Waals surface area contributed by atoms with Crippen molar-refractivity contribution in [3.05, 3.63) is 22.5 Å². The highest BCUT2D eigenvalue weighted by Crippen LogP contribution is 2.10. The zero-order valence-electron chi connectivity index (χ0n) is 6.81. The molecule has 1 aromatic heterocycles. The highest BCUT2D eigenvalue weighted by atomic mass is 32.2. The second kappa shape index (κ2) is 3.07. The van der Waals surface area contributed by atoms with E-state index in [1.54, 1.807) is 6.07 Å². The molecular weight excluding hydrogens is 186 g/mol. The Kier molecular flexibility index (Phi) is 1.91. The number of nitriles is 1. The number of pyridine rings is 1. The summed E-state index contributed by atoms with van der Waals surface area (Å²) in [5, 5.41) is 11.5. The number of nitrogens with zero attached hydrogens (tertiary/aromatic N) is 3. The van der Waals surface area contributed by atoms with Crippen molar-refractivity contribution >= 4 is 17.4 Å². The molecule has 0 spiro atoms. The lowest BCUT2D eigenvalue weighted by Gasteiger charge is -1.94. The molecule has 2 rings (SSSR count). The molecule has 0 saturated carbocycles. The van der Waals surface area contributed by atoms with E-state index in [-0.39, 0.29) is 5.69 Å². The monoisotopic (exact) mass is 191 g/mol. The van der Waals surface area contributed by atoms with E-state index < -0.39 is 0 Å². The lowest BCUT2D eigenvalue weighted by atomic mass is 10.3. The molecule has 2 heterocycles. The summed E-state index contributed by atoms with van der Waals surface area (Å²) in [5.41, 5.74) is 0.878. The molecule has 0 bridgehead atoms. The fourth-order valence-electron chi connectivity index (χ4n) is 1.03. The van der Waals surface area contributed by atoms with Crippen molar-refractivity contribution < 1.29 is 4.74 Å². The van der Waals surface area contributed by atoms with Crippen LogP contribution < -0.4 is 19.8 Å². The average molecular weight is 191 g/mol. The second-order valence-corrected chi connectivity index (χ2v) is 3.01. The summed E-state index contributed by atoms with van der Waals surface area (Å²) in [5.74, 6) is 0.496. The molecule has 63 valence electrons. The first-order valence-corrected chi connectivity index (χ1v) is 4.38. The van der Waals surface area contributed by atoms with Crippen molar-refractivity contribution in [3.8, 4) is 11.8 Å². The summed E-state index contributed by atoms with van der Waals surface area (Å²) in [6.07, 6.45) is 0. The van der Waals surface area contributed by atoms with Gasteiger partial charge in [0, 0.05) is 15.9 Å². The third-order valence-corrected chi connectivity index (χ3v) is 2.28. The van der Waals surface area contributed by atoms with E-state index in [9.17, 15) is 0 Å². The Hall–Kier alpha value is -1.54. The fraction of sp³-hybridized carbons (Fsp3) is 0.125. The van der Waals surface area contributed by atoms with Crippen molar-refractivity contribution in [1.29, 1.82) is 5.26 Å². The van der Waals surface area contributed by atoms with Crippen molar-refractivity contribution in [2.24, 2.45) is 0 Å². The van der Waals surface area contributed by atoms with Crippen molar-refractivity contribution in [2.75, 3.05) is 7.11 Å². The number of methoxy groups -OCH3 is 1. The first-order chi connectivity index (χ1) is 6.35. The molecule has 1 aliphatic heterocycles. The van der Waals surface area contributed by atoms with E-state index in [0.717, 1.165) is 5.22 Å². The van der Waals surface area contributed by atoms with Crippen molar-refractivity contribution in [2.45, 2.75) is 0 Å². The highest BCUT2D eigenvalue weighted by molar-refractivity contribution is 8.04. The van der Waals surface area contributed by atoms with Crippen LogP contribution in [0.15, 0.2) is 6.07 Å². The van der Waals surface area contributed by atoms with E-state index in [2.05, 4.69) is 9.38 Å². The number of hydrogen-bond donors (Lipinski definition) is 0. The molecule has 0 atom stereocenters. The maximum absolute atomic E-state index is 8.73. The fourth-order valence-corrected chi connectivity index (χ4v) is 1.61. The van der Waals surface area contributed by atoms with E-state index in [0.29, 0.717) is 11.2 Å². The van der Waals surface area contributed by atoms with Crippen LogP contribution in [0, 0.1) is 11.3 Å². The third-order valence-electron chi connectivity index (χ3n) is 1.64. The standard InChI is InChI=1S/C8H5N3OS/c1-12-7-2-5-4-13-11-8(5)10-6(7)3-9/h2,4H,1H3/q+1. The van der Waals surface area contributed by atoms with Gasteiger partial charge in [0.25, 0.3) is 5.69 Å². The first kappa shape index (κ1) is 8.08. The Labute approximate surface area is 78.7 Å². The number of fused-ring (bicyclic) bond motifs is 1. The Balaban J connectivity index is 2.77. The maximum Gasteiger partial charge on any atom is 0.382 e. The van der Waals surface area contributed by atoms with Crippen molar-refractivity contribution in [1.82, 2.24) is 9.38 Å². The van der Waals surface area contributed by atoms with Crippen LogP contribution in [0.3, 0.4) is 0 Å². The summed E-state index contributed by atoms with van der Waals surface area (Å²) >= 11 is 1.31. The quantitative estimate of drug-likeness (QED) is 0.552. The van der Waals surface area contributed by atoms with Gasteiger partial charge in [-0.3, -0.25) is 0 Å². The van der Waals surface area contributed by atoms with Crippen LogP contribution in [-0.4, -0.2) is 12.1 Å². The Bertz CT molecular complexity index is 503. The van der Waals surface area contributed by atoms with Gasteiger partial charge in [-0.2, -0.15) is 5.26 Å². The van der Waals surface area contributed by atoms with E-state index in [1.165, 1.54) is 19.1 Å². The van der Waals surface area contributed by atoms with Crippen LogP contribution in [0.25, 0.3) is 5.41 Å². The van der Waals surface area contributed by atoms with Gasteiger partial charge in [-0.15, -0.1) is 0 Å². The molecule has 0 unspecified atom stereocenters. The van der Waals surface area contributed by atoms with Crippen LogP contribution in [0.4, 0.5) is 0 Å². The molecule has 4 nitrogen and oxygen atoms in total. The van der Waals surface area contributed by atoms with E-state index in [1.807, 2.05) is 11.5 Å². The molecule has 0 N–H and O–H groups in total. The van der Waals surface area contributed by atoms with Gasteiger partial charge in [-0.05, 0) is 4.98 Å². The summed E-state index contributed by atoms with van der Waals surface area (Å²) in [7, 11) is 1.52. The van der Waals surface area contributed by atoms with Gasteiger partial charge in [0.15, 0.2) is 11.8 Å². The van der Waals surface area contributed by atoms with Gasteiger partial charge in [-0.25, -0.2) is 0 Å². The summed E-state index contributed by atoms with van der Waals surface area (Å²) in [6, 6.07) is 3.73. The van der Waals surface area contributed by atoms with Crippen LogP contribution in [0.1, 0.15) is 5.69 Å². The molecule has 0 aliphatic carbocycles. The molecule has 0 saturated heterocycles. The normalized spacial score (nSPS) is 12.3. The SMILES string of the molecule is COc1cc2c(nc1C#N)=[N+]SC=2. The van der Waals surface area contributed by atoms with Crippen LogP contribution in [0.5, 0.6) is 5.75 Å². The van der Waals surface area contributed by atoms with E-state index >= 15 is 0 Å². The molecule has 1 aliphatic rings. The third kappa shape index (κ3) is 1.25. The van der Waals surface area contributed by atoms with Gasteiger partial charge < -0.3 is 4.74 Å². The van der Waals surface area contributed by atoms with Gasteiger partial charge in [0.1, 0.15) is 11.9 Å². The number of ether oxygens (including phenoxy) is 1. The number of hydrogen-bond acceptors (Lipinski definition) is 5. The van der Waals surface area contributed by atoms with Crippen LogP contribution in [-0.2, 0) is 0 Å². The van der Waals surface area contributed by atoms with Gasteiger partial charge in [0.05, 0.1) is 12.3 Å². The predicted molar refractivity (Wildman–Crippen MR) is 48.0 cm³/mol. The molecule has 1 aromatic rings. The molecule has 0 amide bonds. The molecule has 0 fully saturated rings.